The molecule has 0 heterocycles. The first-order valence-corrected chi connectivity index (χ1v) is 20.6. The molecule has 6 aromatic carbocycles. The molecule has 0 saturated heterocycles. The van der Waals surface area contributed by atoms with E-state index < -0.39 is 0 Å². The Balaban J connectivity index is 0. The maximum absolute atomic E-state index is 4.00. The summed E-state index contributed by atoms with van der Waals surface area (Å²) in [6, 6.07) is 59.4. The second-order valence-electron chi connectivity index (χ2n) is 12.9. The third-order valence-corrected chi connectivity index (χ3v) is 8.54. The molecule has 0 N–H and O–H groups in total. The van der Waals surface area contributed by atoms with Crippen LogP contribution in [0.1, 0.15) is 112 Å². The quantitative estimate of drug-likeness (QED) is 0.101. The van der Waals surface area contributed by atoms with E-state index >= 15 is 0 Å². The standard InChI is InChI=1S/C31H28.C12H12.C9H12.2C2H6.C2H2.2CH4/c1-25(12-11-15-26-13-5-2-6-14-26)20-21-27-22-30(28-16-7-3-8-17-28)24-31(23-27)29-18-9-4-10-19-29;1-3-8-11(4-2)12-9-6-5-7-10-12;1-8(2)9-6-4-3-5-7-9;3*1-2;;/h2-11,13-20,22-24H,12,21H2,1H3;4-7,9-10H,1-2H3;3-8H,1-2H3;2*1-2H3;1-2H;2*1H4/b15-11+,25-20+;11-4+;;;;;;. The fourth-order valence-corrected chi connectivity index (χ4v) is 5.63. The highest BCUT2D eigenvalue weighted by Crippen LogP contribution is 2.29. The molecule has 0 nitrogen and oxygen atoms in total. The van der Waals surface area contributed by atoms with E-state index in [4.69, 9.17) is 0 Å². The lowest BCUT2D eigenvalue weighted by Gasteiger charge is -2.10. The number of terminal acetylenes is 1. The smallest absolute Gasteiger partial charge is 0.0274 e. The van der Waals surface area contributed by atoms with Gasteiger partial charge >= 0.3 is 0 Å². The molecule has 0 bridgehead atoms. The number of hydrogen-bond acceptors (Lipinski definition) is 0. The molecular weight excluding hydrogens is 721 g/mol. The molecule has 0 aliphatic rings. The molecule has 0 spiro atoms. The average molecular weight is 795 g/mol. The van der Waals surface area contributed by atoms with Gasteiger partial charge < -0.3 is 0 Å². The van der Waals surface area contributed by atoms with Crippen LogP contribution in [-0.2, 0) is 6.42 Å². The van der Waals surface area contributed by atoms with Crippen molar-refractivity contribution in [2.24, 2.45) is 0 Å². The van der Waals surface area contributed by atoms with E-state index in [0.717, 1.165) is 18.4 Å². The van der Waals surface area contributed by atoms with E-state index in [1.165, 1.54) is 50.1 Å². The highest BCUT2D eigenvalue weighted by molar-refractivity contribution is 5.78. The molecule has 0 aliphatic carbocycles. The summed E-state index contributed by atoms with van der Waals surface area (Å²) >= 11 is 0. The third-order valence-electron chi connectivity index (χ3n) is 8.54. The van der Waals surface area contributed by atoms with Crippen LogP contribution in [0.25, 0.3) is 33.9 Å². The van der Waals surface area contributed by atoms with E-state index in [2.05, 4.69) is 209 Å². The van der Waals surface area contributed by atoms with Gasteiger partial charge in [-0.2, -0.15) is 0 Å². The number of allylic oxidation sites excluding steroid dienone is 5. The van der Waals surface area contributed by atoms with Crippen molar-refractivity contribution in [3.8, 4) is 46.9 Å². The summed E-state index contributed by atoms with van der Waals surface area (Å²) in [7, 11) is 0. The Morgan fingerprint density at radius 3 is 1.40 bits per heavy atom. The van der Waals surface area contributed by atoms with Gasteiger partial charge in [-0.1, -0.05) is 256 Å². The zero-order chi connectivity index (χ0) is 42.8. The maximum Gasteiger partial charge on any atom is 0.0274 e. The molecular formula is C60H74. The molecule has 0 aliphatic heterocycles. The van der Waals surface area contributed by atoms with Crippen LogP contribution in [0, 0.1) is 24.7 Å². The van der Waals surface area contributed by atoms with Gasteiger partial charge in [0, 0.05) is 5.57 Å². The number of hydrogen-bond donors (Lipinski definition) is 0. The van der Waals surface area contributed by atoms with Crippen LogP contribution >= 0.6 is 0 Å². The molecule has 0 amide bonds. The van der Waals surface area contributed by atoms with Crippen molar-refractivity contribution in [3.05, 3.63) is 216 Å². The van der Waals surface area contributed by atoms with E-state index in [-0.39, 0.29) is 14.9 Å². The Morgan fingerprint density at radius 1 is 0.583 bits per heavy atom. The molecule has 0 aromatic heterocycles. The minimum absolute atomic E-state index is 0. The molecule has 6 aromatic rings. The van der Waals surface area contributed by atoms with Crippen LogP contribution in [0.5, 0.6) is 0 Å². The summed E-state index contributed by atoms with van der Waals surface area (Å²) in [6.45, 7) is 18.5. The molecule has 0 saturated carbocycles. The molecule has 0 heteroatoms. The molecule has 314 valence electrons. The maximum atomic E-state index is 4.00. The third kappa shape index (κ3) is 22.0. The Kier molecular flexibility index (Phi) is 33.3. The summed E-state index contributed by atoms with van der Waals surface area (Å²) in [4.78, 5) is 0. The topological polar surface area (TPSA) is 0 Å². The highest BCUT2D eigenvalue weighted by atomic mass is 14.1. The Bertz CT molecular complexity index is 2030. The summed E-state index contributed by atoms with van der Waals surface area (Å²) < 4.78 is 0. The first-order chi connectivity index (χ1) is 28.5. The van der Waals surface area contributed by atoms with Gasteiger partial charge in [0.15, 0.2) is 0 Å². The lowest BCUT2D eigenvalue weighted by Crippen LogP contribution is -1.89. The van der Waals surface area contributed by atoms with Crippen molar-refractivity contribution in [2.75, 3.05) is 0 Å². The Hall–Kier alpha value is -6.34. The monoisotopic (exact) mass is 795 g/mol. The van der Waals surface area contributed by atoms with Crippen LogP contribution in [0.4, 0.5) is 0 Å². The van der Waals surface area contributed by atoms with Crippen molar-refractivity contribution < 1.29 is 0 Å². The van der Waals surface area contributed by atoms with Crippen LogP contribution in [-0.4, -0.2) is 0 Å². The van der Waals surface area contributed by atoms with Crippen molar-refractivity contribution in [1.82, 2.24) is 0 Å². The Labute approximate surface area is 368 Å². The fourth-order valence-electron chi connectivity index (χ4n) is 5.63. The van der Waals surface area contributed by atoms with Crippen LogP contribution < -0.4 is 0 Å². The summed E-state index contributed by atoms with van der Waals surface area (Å²) in [5, 5.41) is 0. The van der Waals surface area contributed by atoms with E-state index in [1.807, 2.05) is 71.9 Å². The molecule has 60 heavy (non-hydrogen) atoms. The van der Waals surface area contributed by atoms with Crippen molar-refractivity contribution in [1.29, 1.82) is 0 Å². The lowest BCUT2D eigenvalue weighted by molar-refractivity contribution is 0.867. The normalized spacial score (nSPS) is 9.87. The first kappa shape index (κ1) is 55.8. The minimum atomic E-state index is 0. The first-order valence-electron chi connectivity index (χ1n) is 20.6. The van der Waals surface area contributed by atoms with Crippen molar-refractivity contribution in [3.63, 3.8) is 0 Å². The van der Waals surface area contributed by atoms with Gasteiger partial charge in [0.2, 0.25) is 0 Å². The predicted octanol–water partition coefficient (Wildman–Crippen LogP) is 18.1. The Morgan fingerprint density at radius 2 is 1.00 bits per heavy atom. The fraction of sp³-hybridized carbons (Fsp3) is 0.233. The number of benzene rings is 6. The predicted molar refractivity (Wildman–Crippen MR) is 275 cm³/mol. The van der Waals surface area contributed by atoms with E-state index in [9.17, 15) is 0 Å². The SMILES string of the molecule is C.C.C#C.C/C(=C\Cc1cc(-c2ccccc2)cc(-c2ccccc2)c1)C/C=C/c1ccccc1.CC.CC.CC#C/C(=C\C)c1ccccc1.CC(C)c1ccccc1. The van der Waals surface area contributed by atoms with Gasteiger partial charge in [0.1, 0.15) is 0 Å². The molecule has 0 unspecified atom stereocenters. The second kappa shape index (κ2) is 35.8. The minimum Gasteiger partial charge on any atom is -0.124 e. The van der Waals surface area contributed by atoms with E-state index in [1.54, 1.807) is 0 Å². The van der Waals surface area contributed by atoms with Crippen LogP contribution in [0.15, 0.2) is 194 Å². The highest BCUT2D eigenvalue weighted by Gasteiger charge is 2.05. The van der Waals surface area contributed by atoms with Gasteiger partial charge in [-0.25, -0.2) is 0 Å². The van der Waals surface area contributed by atoms with Crippen LogP contribution in [0.3, 0.4) is 0 Å². The molecule has 0 radical (unpaired) electrons. The lowest BCUT2D eigenvalue weighted by atomic mass is 9.94. The summed E-state index contributed by atoms with van der Waals surface area (Å²) in [6.07, 6.45) is 18.7. The van der Waals surface area contributed by atoms with Crippen LogP contribution in [0.2, 0.25) is 0 Å². The van der Waals surface area contributed by atoms with Crippen molar-refractivity contribution in [2.45, 2.75) is 95.9 Å². The zero-order valence-electron chi connectivity index (χ0n) is 36.6. The summed E-state index contributed by atoms with van der Waals surface area (Å²) in [5.74, 6) is 6.62. The summed E-state index contributed by atoms with van der Waals surface area (Å²) in [5.41, 5.74) is 12.7. The molecule has 6 rings (SSSR count). The van der Waals surface area contributed by atoms with Crippen molar-refractivity contribution >= 4 is 11.6 Å². The van der Waals surface area contributed by atoms with Gasteiger partial charge in [0.25, 0.3) is 0 Å². The molecule has 0 atom stereocenters. The van der Waals surface area contributed by atoms with Gasteiger partial charge in [0.05, 0.1) is 0 Å². The second-order valence-corrected chi connectivity index (χ2v) is 12.9. The zero-order valence-corrected chi connectivity index (χ0v) is 36.6. The molecule has 0 fully saturated rings. The van der Waals surface area contributed by atoms with Gasteiger partial charge in [-0.15, -0.1) is 18.8 Å². The largest absolute Gasteiger partial charge is 0.124 e. The van der Waals surface area contributed by atoms with E-state index in [0.29, 0.717) is 5.92 Å². The number of rotatable bonds is 9. The average Bonchev–Trinajstić information content (AvgIpc) is 3.31. The van der Waals surface area contributed by atoms with Gasteiger partial charge in [-0.3, -0.25) is 0 Å². The van der Waals surface area contributed by atoms with Gasteiger partial charge in [-0.05, 0) is 90.1 Å².